The molecule has 2 saturated heterocycles. The zero-order valence-electron chi connectivity index (χ0n) is 20.7. The van der Waals surface area contributed by atoms with Crippen molar-refractivity contribution in [2.75, 3.05) is 38.1 Å². The number of carbonyl (C=O) groups excluding carboxylic acids is 1. The molecule has 3 heterocycles. The first kappa shape index (κ1) is 25.0. The maximum Gasteiger partial charge on any atom is 0.418 e. The van der Waals surface area contributed by atoms with E-state index in [0.717, 1.165) is 50.7 Å². The number of alkyl halides is 3. The molecule has 2 aliphatic rings. The third-order valence-electron chi connectivity index (χ3n) is 8.07. The van der Waals surface area contributed by atoms with Gasteiger partial charge in [0, 0.05) is 42.2 Å². The summed E-state index contributed by atoms with van der Waals surface area (Å²) in [6.45, 7) is 9.87. The lowest BCUT2D eigenvalue weighted by molar-refractivity contribution is -0.136. The summed E-state index contributed by atoms with van der Waals surface area (Å²) in [7, 11) is 2.13. The van der Waals surface area contributed by atoms with Crippen LogP contribution in [0.1, 0.15) is 52.0 Å². The Morgan fingerprint density at radius 1 is 1.12 bits per heavy atom. The van der Waals surface area contributed by atoms with Crippen molar-refractivity contribution in [2.24, 2.45) is 23.2 Å². The Morgan fingerprint density at radius 3 is 2.50 bits per heavy atom. The number of aromatic nitrogens is 1. The zero-order valence-corrected chi connectivity index (χ0v) is 20.7. The van der Waals surface area contributed by atoms with Gasteiger partial charge in [-0.3, -0.25) is 9.78 Å². The molecule has 4 rings (SSSR count). The summed E-state index contributed by atoms with van der Waals surface area (Å²) in [6.07, 6.45) is 0.543. The topological polar surface area (TPSA) is 36.4 Å². The first-order valence-corrected chi connectivity index (χ1v) is 12.4. The summed E-state index contributed by atoms with van der Waals surface area (Å²) in [6, 6.07) is 6.12. The molecule has 4 nitrogen and oxygen atoms in total. The van der Waals surface area contributed by atoms with Crippen molar-refractivity contribution in [1.82, 2.24) is 9.88 Å². The number of carbonyl (C=O) groups is 1. The Bertz CT molecular complexity index is 1030. The van der Waals surface area contributed by atoms with Crippen molar-refractivity contribution in [3.05, 3.63) is 36.0 Å². The smallest absolute Gasteiger partial charge is 0.370 e. The number of ketones is 1. The molecule has 0 amide bonds. The monoisotopic (exact) mass is 475 g/mol. The van der Waals surface area contributed by atoms with Gasteiger partial charge in [-0.2, -0.15) is 13.2 Å². The molecule has 1 aromatic carbocycles. The molecule has 34 heavy (non-hydrogen) atoms. The number of Topliss-reactive ketones (excluding diaryl/α,β-unsaturated/α-hetero) is 1. The molecule has 2 aromatic rings. The van der Waals surface area contributed by atoms with Crippen molar-refractivity contribution in [2.45, 2.75) is 52.6 Å². The summed E-state index contributed by atoms with van der Waals surface area (Å²) in [5.74, 6) is 1.26. The van der Waals surface area contributed by atoms with E-state index in [1.165, 1.54) is 6.20 Å². The second-order valence-electron chi connectivity index (χ2n) is 11.1. The Labute approximate surface area is 200 Å². The third-order valence-corrected chi connectivity index (χ3v) is 8.07. The van der Waals surface area contributed by atoms with E-state index in [9.17, 15) is 18.0 Å². The maximum absolute atomic E-state index is 13.6. The van der Waals surface area contributed by atoms with Gasteiger partial charge in [0.25, 0.3) is 0 Å². The van der Waals surface area contributed by atoms with Crippen LogP contribution in [0.4, 0.5) is 18.9 Å². The van der Waals surface area contributed by atoms with Crippen LogP contribution in [0.2, 0.25) is 0 Å². The summed E-state index contributed by atoms with van der Waals surface area (Å²) in [5, 5.41) is 0.517. The summed E-state index contributed by atoms with van der Waals surface area (Å²) in [5.41, 5.74) is -0.294. The van der Waals surface area contributed by atoms with Crippen molar-refractivity contribution >= 4 is 22.4 Å². The number of anilines is 1. The van der Waals surface area contributed by atoms with E-state index >= 15 is 0 Å². The van der Waals surface area contributed by atoms with Gasteiger partial charge in [0.05, 0.1) is 11.1 Å². The minimum absolute atomic E-state index is 0.0123. The number of fused-ring (bicyclic) bond motifs is 1. The van der Waals surface area contributed by atoms with E-state index in [1.807, 2.05) is 0 Å². The van der Waals surface area contributed by atoms with Gasteiger partial charge < -0.3 is 9.80 Å². The van der Waals surface area contributed by atoms with Crippen LogP contribution < -0.4 is 4.90 Å². The van der Waals surface area contributed by atoms with Crippen molar-refractivity contribution in [3.63, 3.8) is 0 Å². The largest absolute Gasteiger partial charge is 0.418 e. The second kappa shape index (κ2) is 9.48. The Morgan fingerprint density at radius 2 is 1.82 bits per heavy atom. The summed E-state index contributed by atoms with van der Waals surface area (Å²) < 4.78 is 40.7. The summed E-state index contributed by atoms with van der Waals surface area (Å²) in [4.78, 5) is 22.0. The first-order chi connectivity index (χ1) is 16.0. The molecule has 0 spiro atoms. The number of rotatable bonds is 5. The number of hydrogen-bond donors (Lipinski definition) is 0. The molecule has 186 valence electrons. The standard InChI is InChI=1S/C27H36F3N3O/c1-18-14-19(15-24(34)26(2,3)20-9-12-32(4)13-10-20)17-33(16-18)23-8-7-22(27(28,29)30)25-21(23)6-5-11-31-25/h5-8,11,18-20H,9-10,12-17H2,1-4H3/t18-,19-/m0/s1. The fourth-order valence-electron chi connectivity index (χ4n) is 5.97. The summed E-state index contributed by atoms with van der Waals surface area (Å²) >= 11 is 0. The average molecular weight is 476 g/mol. The Kier molecular flexibility index (Phi) is 6.96. The van der Waals surface area contributed by atoms with Gasteiger partial charge >= 0.3 is 6.18 Å². The number of halogens is 3. The van der Waals surface area contributed by atoms with Crippen molar-refractivity contribution in [1.29, 1.82) is 0 Å². The van der Waals surface area contributed by atoms with Gasteiger partial charge in [-0.1, -0.05) is 20.8 Å². The van der Waals surface area contributed by atoms with Gasteiger partial charge in [0.2, 0.25) is 0 Å². The van der Waals surface area contributed by atoms with Crippen molar-refractivity contribution < 1.29 is 18.0 Å². The van der Waals surface area contributed by atoms with Crippen LogP contribution in [0, 0.1) is 23.2 Å². The maximum atomic E-state index is 13.6. The number of hydrogen-bond acceptors (Lipinski definition) is 4. The molecule has 2 aliphatic heterocycles. The van der Waals surface area contributed by atoms with Gasteiger partial charge in [0.1, 0.15) is 5.78 Å². The first-order valence-electron chi connectivity index (χ1n) is 12.4. The van der Waals surface area contributed by atoms with E-state index in [4.69, 9.17) is 0 Å². The quantitative estimate of drug-likeness (QED) is 0.528. The minimum atomic E-state index is -4.45. The molecule has 0 unspecified atom stereocenters. The zero-order chi connectivity index (χ0) is 24.7. The van der Waals surface area contributed by atoms with Crippen LogP contribution in [0.25, 0.3) is 10.9 Å². The van der Waals surface area contributed by atoms with Crippen LogP contribution in [-0.4, -0.2) is 48.9 Å². The molecule has 0 aliphatic carbocycles. The lowest BCUT2D eigenvalue weighted by Gasteiger charge is -2.41. The molecule has 2 atom stereocenters. The van der Waals surface area contributed by atoms with Gasteiger partial charge in [0.15, 0.2) is 0 Å². The molecule has 1 aromatic heterocycles. The minimum Gasteiger partial charge on any atom is -0.370 e. The molecule has 0 radical (unpaired) electrons. The molecule has 0 bridgehead atoms. The highest BCUT2D eigenvalue weighted by molar-refractivity contribution is 5.94. The molecule has 7 heteroatoms. The number of piperidine rings is 2. The second-order valence-corrected chi connectivity index (χ2v) is 11.1. The SMILES string of the molecule is C[C@H]1C[C@@H](CC(=O)C(C)(C)C2CCN(C)CC2)CN(c2ccc(C(F)(F)F)c3ncccc23)C1. The Balaban J connectivity index is 1.54. The van der Waals surface area contributed by atoms with Crippen LogP contribution in [0.15, 0.2) is 30.5 Å². The third kappa shape index (κ3) is 5.09. The van der Waals surface area contributed by atoms with E-state index < -0.39 is 11.7 Å². The molecular formula is C27H36F3N3O. The molecule has 0 saturated carbocycles. The predicted molar refractivity (Wildman–Crippen MR) is 130 cm³/mol. The number of benzene rings is 1. The number of likely N-dealkylation sites (tertiary alicyclic amines) is 1. The number of nitrogens with zero attached hydrogens (tertiary/aromatic N) is 3. The Hall–Kier alpha value is -2.15. The van der Waals surface area contributed by atoms with E-state index in [-0.39, 0.29) is 16.8 Å². The van der Waals surface area contributed by atoms with Crippen LogP contribution in [0.3, 0.4) is 0 Å². The lowest BCUT2D eigenvalue weighted by Crippen LogP contribution is -2.44. The highest BCUT2D eigenvalue weighted by Gasteiger charge is 2.40. The predicted octanol–water partition coefficient (Wildman–Crippen LogP) is 6.04. The molecule has 2 fully saturated rings. The highest BCUT2D eigenvalue weighted by Crippen LogP contribution is 2.41. The normalized spacial score (nSPS) is 23.4. The van der Waals surface area contributed by atoms with Gasteiger partial charge in [-0.05, 0) is 81.4 Å². The highest BCUT2D eigenvalue weighted by atomic mass is 19.4. The van der Waals surface area contributed by atoms with Crippen LogP contribution in [-0.2, 0) is 11.0 Å². The van der Waals surface area contributed by atoms with E-state index in [0.29, 0.717) is 36.0 Å². The number of pyridine rings is 1. The van der Waals surface area contributed by atoms with Gasteiger partial charge in [-0.25, -0.2) is 0 Å². The fraction of sp³-hybridized carbons (Fsp3) is 0.630. The van der Waals surface area contributed by atoms with E-state index in [1.54, 1.807) is 18.2 Å². The molecular weight excluding hydrogens is 439 g/mol. The van der Waals surface area contributed by atoms with Crippen LogP contribution >= 0.6 is 0 Å². The molecule has 0 N–H and O–H groups in total. The average Bonchev–Trinajstić information content (AvgIpc) is 2.77. The fourth-order valence-corrected chi connectivity index (χ4v) is 5.97. The van der Waals surface area contributed by atoms with Gasteiger partial charge in [-0.15, -0.1) is 0 Å². The van der Waals surface area contributed by atoms with Crippen molar-refractivity contribution in [3.8, 4) is 0 Å². The van der Waals surface area contributed by atoms with E-state index in [2.05, 4.69) is 42.6 Å². The van der Waals surface area contributed by atoms with Crippen LogP contribution in [0.5, 0.6) is 0 Å². The lowest BCUT2D eigenvalue weighted by atomic mass is 9.68.